The number of carbonyl (C=O) groups excluding carboxylic acids is 4. The molecule has 1 amide bonds. The van der Waals surface area contributed by atoms with E-state index in [-0.39, 0.29) is 63.5 Å². The van der Waals surface area contributed by atoms with E-state index in [0.29, 0.717) is 0 Å². The maximum atomic E-state index is 11.3. The van der Waals surface area contributed by atoms with E-state index in [9.17, 15) is 19.2 Å². The number of nitrogens with zero attached hydrogens (tertiary/aromatic N) is 2. The van der Waals surface area contributed by atoms with Gasteiger partial charge in [-0.3, -0.25) is 19.2 Å². The van der Waals surface area contributed by atoms with Crippen LogP contribution in [0.25, 0.3) is 0 Å². The van der Waals surface area contributed by atoms with Crippen LogP contribution in [0.2, 0.25) is 0 Å². The highest BCUT2D eigenvalue weighted by molar-refractivity contribution is 5.81. The van der Waals surface area contributed by atoms with E-state index in [0.717, 1.165) is 5.70 Å². The first-order valence-electron chi connectivity index (χ1n) is 19.7. The second kappa shape index (κ2) is 26.3. The molecule has 1 aliphatic rings. The number of amides is 1. The number of ketones is 2. The van der Waals surface area contributed by atoms with E-state index in [1.165, 1.54) is 38.0 Å². The first-order valence-corrected chi connectivity index (χ1v) is 19.7. The molecule has 0 bridgehead atoms. The van der Waals surface area contributed by atoms with E-state index in [2.05, 4.69) is 64.9 Å². The number of piperidine rings is 1. The van der Waals surface area contributed by atoms with Gasteiger partial charge in [-0.25, -0.2) is 0 Å². The smallest absolute Gasteiger partial charge is 0.311 e. The average molecular weight is 784 g/mol. The van der Waals surface area contributed by atoms with E-state index in [4.69, 9.17) is 4.74 Å². The van der Waals surface area contributed by atoms with Crippen LogP contribution >= 0.6 is 0 Å². The van der Waals surface area contributed by atoms with Crippen molar-refractivity contribution >= 4 is 23.4 Å². The molecule has 0 unspecified atom stereocenters. The molecule has 0 aromatic heterocycles. The topological polar surface area (TPSA) is 96.0 Å². The molecule has 0 spiro atoms. The minimum Gasteiger partial charge on any atom is -0.460 e. The van der Waals surface area contributed by atoms with Gasteiger partial charge in [-0.1, -0.05) is 124 Å². The summed E-state index contributed by atoms with van der Waals surface area (Å²) in [6, 6.07) is 0. The number of ether oxygens (including phenoxy) is 1. The minimum atomic E-state index is -0.396. The average Bonchev–Trinajstić information content (AvgIpc) is 2.94. The summed E-state index contributed by atoms with van der Waals surface area (Å²) in [5.74, 6) is 0.507. The molecule has 0 atom stereocenters. The number of esters is 1. The molecule has 1 fully saturated rings. The Bertz CT molecular complexity index is 1100. The summed E-state index contributed by atoms with van der Waals surface area (Å²) in [5, 5.41) is 3.01. The van der Waals surface area contributed by atoms with Crippen LogP contribution in [-0.4, -0.2) is 73.1 Å². The molecule has 55 heavy (non-hydrogen) atoms. The van der Waals surface area contributed by atoms with Crippen LogP contribution in [0.4, 0.5) is 0 Å². The van der Waals surface area contributed by atoms with Gasteiger partial charge in [0.15, 0.2) is 0 Å². The zero-order chi connectivity index (χ0) is 45.1. The summed E-state index contributed by atoms with van der Waals surface area (Å²) in [6.07, 6.45) is 4.08. The number of carbonyl (C=O) groups is 4. The Morgan fingerprint density at radius 3 is 0.964 bits per heavy atom. The number of hydrogen-bond donors (Lipinski definition) is 1. The van der Waals surface area contributed by atoms with Crippen molar-refractivity contribution < 1.29 is 23.9 Å². The van der Waals surface area contributed by atoms with Crippen LogP contribution in [0.5, 0.6) is 0 Å². The summed E-state index contributed by atoms with van der Waals surface area (Å²) in [7, 11) is 5.44. The molecule has 0 aromatic carbocycles. The Morgan fingerprint density at radius 2 is 0.855 bits per heavy atom. The fraction of sp³-hybridized carbons (Fsp3) is 0.830. The van der Waals surface area contributed by atoms with E-state index < -0.39 is 5.41 Å². The van der Waals surface area contributed by atoms with E-state index >= 15 is 0 Å². The quantitative estimate of drug-likeness (QED) is 0.279. The van der Waals surface area contributed by atoms with Crippen LogP contribution in [-0.2, 0) is 23.9 Å². The summed E-state index contributed by atoms with van der Waals surface area (Å²) >= 11 is 0. The van der Waals surface area contributed by atoms with Gasteiger partial charge >= 0.3 is 5.97 Å². The molecular weight excluding hydrogens is 687 g/mol. The number of allylic oxidation sites excluding steroid dienone is 2. The zero-order valence-electron chi connectivity index (χ0n) is 40.9. The zero-order valence-corrected chi connectivity index (χ0v) is 40.9. The Balaban J connectivity index is -0.000000132. The Morgan fingerprint density at radius 1 is 0.545 bits per heavy atom. The van der Waals surface area contributed by atoms with Gasteiger partial charge in [0.2, 0.25) is 5.91 Å². The highest BCUT2D eigenvalue weighted by Crippen LogP contribution is 2.28. The third kappa shape index (κ3) is 39.4. The molecule has 0 saturated carbocycles. The number of nitrogens with one attached hydrogen (secondary N) is 1. The Labute approximate surface area is 344 Å². The summed E-state index contributed by atoms with van der Waals surface area (Å²) in [5.41, 5.74) is 1.56. The summed E-state index contributed by atoms with van der Waals surface area (Å²) in [4.78, 5) is 47.3. The van der Waals surface area contributed by atoms with Crippen molar-refractivity contribution in [3.8, 4) is 0 Å². The maximum Gasteiger partial charge on any atom is 0.311 e. The first-order chi connectivity index (χ1) is 23.4. The maximum absolute atomic E-state index is 11.3. The number of Topliss-reactive ketones (excluding diaryl/α,β-unsaturated/α-hetero) is 2. The minimum absolute atomic E-state index is 0. The lowest BCUT2D eigenvalue weighted by atomic mass is 9.91. The SMILES string of the molecule is C.C=C(N1CCCCC1)C(C)(C)C.C=C(NC)C(C)(C)C.CC(=O)C(C)(C)C.CC(=O)C(C)(C)C.CC(C)(C)OC(=O)C(C)(C)C.CN(C)C(=O)C(C)(C)C. The molecule has 0 aliphatic carbocycles. The van der Waals surface area contributed by atoms with Gasteiger partial charge < -0.3 is 19.9 Å². The van der Waals surface area contributed by atoms with Gasteiger partial charge in [-0.05, 0) is 74.7 Å². The fourth-order valence-corrected chi connectivity index (χ4v) is 3.12. The highest BCUT2D eigenvalue weighted by atomic mass is 16.6. The largest absolute Gasteiger partial charge is 0.460 e. The lowest BCUT2D eigenvalue weighted by molar-refractivity contribution is -0.164. The molecule has 1 N–H and O–H groups in total. The van der Waals surface area contributed by atoms with Crippen LogP contribution < -0.4 is 5.32 Å². The van der Waals surface area contributed by atoms with Gasteiger partial charge in [0, 0.05) is 72.7 Å². The second-order valence-corrected chi connectivity index (χ2v) is 21.5. The monoisotopic (exact) mass is 784 g/mol. The van der Waals surface area contributed by atoms with Crippen molar-refractivity contribution in [3.05, 3.63) is 24.6 Å². The summed E-state index contributed by atoms with van der Waals surface area (Å²) < 4.78 is 5.16. The molecule has 1 rings (SSSR count). The van der Waals surface area contributed by atoms with Crippen molar-refractivity contribution in [2.45, 2.75) is 192 Å². The van der Waals surface area contributed by atoms with Gasteiger partial charge in [-0.2, -0.15) is 0 Å². The third-order valence-corrected chi connectivity index (χ3v) is 7.98. The Hall–Kier alpha value is -2.64. The molecule has 1 saturated heterocycles. The van der Waals surface area contributed by atoms with Crippen molar-refractivity contribution in [1.82, 2.24) is 15.1 Å². The van der Waals surface area contributed by atoms with E-state index in [1.54, 1.807) is 32.8 Å². The molecule has 8 nitrogen and oxygen atoms in total. The van der Waals surface area contributed by atoms with Crippen LogP contribution in [0.15, 0.2) is 24.6 Å². The van der Waals surface area contributed by atoms with Gasteiger partial charge in [0.25, 0.3) is 0 Å². The predicted octanol–water partition coefficient (Wildman–Crippen LogP) is 12.2. The van der Waals surface area contributed by atoms with Crippen LogP contribution in [0, 0.1) is 32.5 Å². The number of hydrogen-bond acceptors (Lipinski definition) is 7. The standard InChI is InChI=1S/C11H21N.C9H18O2.C7H15NO.C7H15N.2C6H12O.CH4/c1-10(11(2,3)4)12-8-6-5-7-9-12;1-8(2,3)7(10)11-9(4,5)6;1-7(2,3)6(9)8(4)5;1-6(8-5)7(2,3)4;2*1-5(7)6(2,3)4;/h1,5-9H2,2-4H3;1-6H3;1-5H3;8H,1H2,2-5H3;2*1-4H3;1H4. The van der Waals surface area contributed by atoms with Crippen molar-refractivity contribution in [3.63, 3.8) is 0 Å². The third-order valence-electron chi connectivity index (χ3n) is 7.98. The fourth-order valence-electron chi connectivity index (χ4n) is 3.12. The normalized spacial score (nSPS) is 13.2. The van der Waals surface area contributed by atoms with Crippen molar-refractivity contribution in [2.75, 3.05) is 34.2 Å². The lowest BCUT2D eigenvalue weighted by Crippen LogP contribution is -2.33. The summed E-state index contributed by atoms with van der Waals surface area (Å²) in [6.45, 7) is 55.1. The van der Waals surface area contributed by atoms with E-state index in [1.807, 2.05) is 111 Å². The molecule has 330 valence electrons. The second-order valence-electron chi connectivity index (χ2n) is 21.5. The first kappa shape index (κ1) is 64.3. The Kier molecular flexibility index (Phi) is 30.7. The van der Waals surface area contributed by atoms with Gasteiger partial charge in [-0.15, -0.1) is 0 Å². The molecule has 8 heteroatoms. The van der Waals surface area contributed by atoms with Gasteiger partial charge in [0.05, 0.1) is 5.41 Å². The predicted molar refractivity (Wildman–Crippen MR) is 242 cm³/mol. The van der Waals surface area contributed by atoms with Crippen molar-refractivity contribution in [2.24, 2.45) is 32.5 Å². The van der Waals surface area contributed by atoms with Crippen LogP contribution in [0.3, 0.4) is 0 Å². The van der Waals surface area contributed by atoms with Gasteiger partial charge in [0.1, 0.15) is 17.2 Å². The number of rotatable bonds is 2. The highest BCUT2D eigenvalue weighted by Gasteiger charge is 2.27. The molecule has 1 heterocycles. The van der Waals surface area contributed by atoms with Crippen molar-refractivity contribution in [1.29, 1.82) is 0 Å². The molecule has 0 aromatic rings. The molecule has 1 aliphatic heterocycles. The number of likely N-dealkylation sites (tertiary alicyclic amines) is 1. The lowest BCUT2D eigenvalue weighted by Gasteiger charge is -2.37. The molecule has 0 radical (unpaired) electrons. The molecular formula is C47H97N3O5. The van der Waals surface area contributed by atoms with Crippen LogP contribution in [0.1, 0.15) is 186 Å².